The average molecular weight is 278 g/mol. The molecule has 110 valence electrons. The van der Waals surface area contributed by atoms with Crippen molar-refractivity contribution in [3.05, 3.63) is 29.8 Å². The molecule has 0 aromatic heterocycles. The van der Waals surface area contributed by atoms with E-state index < -0.39 is 0 Å². The van der Waals surface area contributed by atoms with E-state index in [0.29, 0.717) is 5.92 Å². The van der Waals surface area contributed by atoms with Gasteiger partial charge >= 0.3 is 6.09 Å². The molecule has 5 heteroatoms. The molecule has 5 nitrogen and oxygen atoms in total. The minimum atomic E-state index is -0.366. The average Bonchev–Trinajstić information content (AvgIpc) is 2.46. The number of amides is 1. The van der Waals surface area contributed by atoms with Crippen LogP contribution in [0.5, 0.6) is 5.75 Å². The van der Waals surface area contributed by atoms with Crippen LogP contribution in [-0.2, 0) is 4.74 Å². The molecule has 1 saturated heterocycles. The second-order valence-electron chi connectivity index (χ2n) is 5.26. The molecule has 1 N–H and O–H groups in total. The Balaban J connectivity index is 2.08. The molecule has 0 aliphatic carbocycles. The van der Waals surface area contributed by atoms with Gasteiger partial charge in [-0.15, -0.1) is 0 Å². The number of methoxy groups -OCH3 is 2. The molecule has 0 saturated carbocycles. The first-order chi connectivity index (χ1) is 9.62. The van der Waals surface area contributed by atoms with E-state index >= 15 is 0 Å². The highest BCUT2D eigenvalue weighted by Crippen LogP contribution is 2.28. The highest BCUT2D eigenvalue weighted by atomic mass is 16.5. The Morgan fingerprint density at radius 1 is 1.35 bits per heavy atom. The number of alkyl carbamates (subject to hydrolysis) is 1. The van der Waals surface area contributed by atoms with E-state index in [-0.39, 0.29) is 12.1 Å². The lowest BCUT2D eigenvalue weighted by atomic mass is 9.88. The first kappa shape index (κ1) is 14.7. The molecule has 2 unspecified atom stereocenters. The van der Waals surface area contributed by atoms with Gasteiger partial charge in [0, 0.05) is 19.1 Å². The predicted molar refractivity (Wildman–Crippen MR) is 77.2 cm³/mol. The van der Waals surface area contributed by atoms with Crippen LogP contribution in [-0.4, -0.2) is 51.4 Å². The number of rotatable bonds is 3. The number of nitrogens with one attached hydrogen (secondary N) is 1. The number of carbonyl (C=O) groups is 1. The maximum absolute atomic E-state index is 11.4. The lowest BCUT2D eigenvalue weighted by Gasteiger charge is -2.36. The number of hydrogen-bond acceptors (Lipinski definition) is 4. The molecular weight excluding hydrogens is 256 g/mol. The van der Waals surface area contributed by atoms with Crippen LogP contribution in [0.15, 0.2) is 24.3 Å². The Kier molecular flexibility index (Phi) is 4.84. The summed E-state index contributed by atoms with van der Waals surface area (Å²) in [5, 5.41) is 2.89. The summed E-state index contributed by atoms with van der Waals surface area (Å²) in [5.41, 5.74) is 1.24. The van der Waals surface area contributed by atoms with Crippen LogP contribution < -0.4 is 10.1 Å². The number of carbonyl (C=O) groups excluding carboxylic acids is 1. The van der Waals surface area contributed by atoms with Crippen LogP contribution >= 0.6 is 0 Å². The summed E-state index contributed by atoms with van der Waals surface area (Å²) in [5.74, 6) is 1.25. The van der Waals surface area contributed by atoms with E-state index in [1.54, 1.807) is 7.11 Å². The number of benzene rings is 1. The zero-order valence-corrected chi connectivity index (χ0v) is 12.3. The van der Waals surface area contributed by atoms with Crippen LogP contribution in [0.2, 0.25) is 0 Å². The standard InChI is InChI=1S/C15H22N2O3/c1-17-9-12(7-13(10-17)16-15(18)20-3)11-5-4-6-14(8-11)19-2/h4-6,8,12-13H,7,9-10H2,1-3H3,(H,16,18). The summed E-state index contributed by atoms with van der Waals surface area (Å²) in [4.78, 5) is 13.6. The second kappa shape index (κ2) is 6.61. The number of likely N-dealkylation sites (tertiary alicyclic amines) is 1. The third-order valence-electron chi connectivity index (χ3n) is 3.71. The van der Waals surface area contributed by atoms with Gasteiger partial charge in [0.05, 0.1) is 14.2 Å². The van der Waals surface area contributed by atoms with Crippen LogP contribution in [0.3, 0.4) is 0 Å². The lowest BCUT2D eigenvalue weighted by Crippen LogP contribution is -2.48. The van der Waals surface area contributed by atoms with E-state index in [2.05, 4.69) is 34.1 Å². The van der Waals surface area contributed by atoms with Crippen molar-refractivity contribution in [2.75, 3.05) is 34.4 Å². The van der Waals surface area contributed by atoms with Gasteiger partial charge < -0.3 is 19.7 Å². The minimum absolute atomic E-state index is 0.109. The Hall–Kier alpha value is -1.75. The van der Waals surface area contributed by atoms with Crippen molar-refractivity contribution in [2.24, 2.45) is 0 Å². The number of hydrogen-bond donors (Lipinski definition) is 1. The van der Waals surface area contributed by atoms with Crippen molar-refractivity contribution in [1.29, 1.82) is 0 Å². The van der Waals surface area contributed by atoms with Crippen molar-refractivity contribution in [3.8, 4) is 5.75 Å². The lowest BCUT2D eigenvalue weighted by molar-refractivity contribution is 0.150. The van der Waals surface area contributed by atoms with Crippen molar-refractivity contribution in [2.45, 2.75) is 18.4 Å². The molecule has 1 aromatic rings. The van der Waals surface area contributed by atoms with Gasteiger partial charge in [-0.05, 0) is 37.1 Å². The zero-order chi connectivity index (χ0) is 14.5. The number of piperidine rings is 1. The van der Waals surface area contributed by atoms with Gasteiger partial charge in [0.25, 0.3) is 0 Å². The molecule has 1 fully saturated rings. The quantitative estimate of drug-likeness (QED) is 0.916. The number of ether oxygens (including phenoxy) is 2. The van der Waals surface area contributed by atoms with Gasteiger partial charge in [-0.2, -0.15) is 0 Å². The van der Waals surface area contributed by atoms with Crippen molar-refractivity contribution < 1.29 is 14.3 Å². The van der Waals surface area contributed by atoms with E-state index in [1.165, 1.54) is 12.7 Å². The van der Waals surface area contributed by atoms with E-state index in [9.17, 15) is 4.79 Å². The van der Waals surface area contributed by atoms with Crippen molar-refractivity contribution >= 4 is 6.09 Å². The Morgan fingerprint density at radius 3 is 2.85 bits per heavy atom. The molecule has 0 spiro atoms. The first-order valence-corrected chi connectivity index (χ1v) is 6.79. The van der Waals surface area contributed by atoms with E-state index in [1.807, 2.05) is 12.1 Å². The molecular formula is C15H22N2O3. The third kappa shape index (κ3) is 3.63. The molecule has 1 aliphatic heterocycles. The smallest absolute Gasteiger partial charge is 0.407 e. The van der Waals surface area contributed by atoms with Gasteiger partial charge in [-0.3, -0.25) is 0 Å². The Bertz CT molecular complexity index is 464. The highest BCUT2D eigenvalue weighted by Gasteiger charge is 2.27. The summed E-state index contributed by atoms with van der Waals surface area (Å²) in [6.45, 7) is 1.82. The van der Waals surface area contributed by atoms with Crippen LogP contribution in [0.1, 0.15) is 17.9 Å². The van der Waals surface area contributed by atoms with Crippen molar-refractivity contribution in [1.82, 2.24) is 10.2 Å². The molecule has 1 aliphatic rings. The van der Waals surface area contributed by atoms with Gasteiger partial charge in [0.15, 0.2) is 0 Å². The van der Waals surface area contributed by atoms with Gasteiger partial charge in [0.2, 0.25) is 0 Å². The molecule has 20 heavy (non-hydrogen) atoms. The van der Waals surface area contributed by atoms with E-state index in [4.69, 9.17) is 4.74 Å². The fourth-order valence-corrected chi connectivity index (χ4v) is 2.79. The topological polar surface area (TPSA) is 50.8 Å². The summed E-state index contributed by atoms with van der Waals surface area (Å²) >= 11 is 0. The fourth-order valence-electron chi connectivity index (χ4n) is 2.79. The third-order valence-corrected chi connectivity index (χ3v) is 3.71. The maximum atomic E-state index is 11.4. The molecule has 1 amide bonds. The zero-order valence-electron chi connectivity index (χ0n) is 12.3. The van der Waals surface area contributed by atoms with Gasteiger partial charge in [-0.25, -0.2) is 4.79 Å². The summed E-state index contributed by atoms with van der Waals surface area (Å²) in [6, 6.07) is 8.24. The highest BCUT2D eigenvalue weighted by molar-refractivity contribution is 5.67. The molecule has 1 aromatic carbocycles. The summed E-state index contributed by atoms with van der Waals surface area (Å²) in [7, 11) is 5.13. The largest absolute Gasteiger partial charge is 0.497 e. The molecule has 0 bridgehead atoms. The van der Waals surface area contributed by atoms with Crippen LogP contribution in [0.25, 0.3) is 0 Å². The first-order valence-electron chi connectivity index (χ1n) is 6.79. The van der Waals surface area contributed by atoms with Crippen molar-refractivity contribution in [3.63, 3.8) is 0 Å². The maximum Gasteiger partial charge on any atom is 0.407 e. The molecule has 0 radical (unpaired) electrons. The minimum Gasteiger partial charge on any atom is -0.497 e. The molecule has 2 atom stereocenters. The number of nitrogens with zero attached hydrogens (tertiary/aromatic N) is 1. The normalized spacial score (nSPS) is 23.1. The van der Waals surface area contributed by atoms with Gasteiger partial charge in [-0.1, -0.05) is 12.1 Å². The SMILES string of the molecule is COC(=O)NC1CC(c2cccc(OC)c2)CN(C)C1. The van der Waals surface area contributed by atoms with Crippen LogP contribution in [0, 0.1) is 0 Å². The van der Waals surface area contributed by atoms with Crippen LogP contribution in [0.4, 0.5) is 4.79 Å². The summed E-state index contributed by atoms with van der Waals surface area (Å²) in [6.07, 6.45) is 0.543. The Morgan fingerprint density at radius 2 is 2.15 bits per heavy atom. The predicted octanol–water partition coefficient (Wildman–Crippen LogP) is 1.84. The fraction of sp³-hybridized carbons (Fsp3) is 0.533. The monoisotopic (exact) mass is 278 g/mol. The Labute approximate surface area is 119 Å². The van der Waals surface area contributed by atoms with E-state index in [0.717, 1.165) is 25.3 Å². The molecule has 2 rings (SSSR count). The number of likely N-dealkylation sites (N-methyl/N-ethyl adjacent to an activating group) is 1. The van der Waals surface area contributed by atoms with Gasteiger partial charge in [0.1, 0.15) is 5.75 Å². The molecule has 1 heterocycles. The summed E-state index contributed by atoms with van der Waals surface area (Å²) < 4.78 is 9.96. The second-order valence-corrected chi connectivity index (χ2v) is 5.26.